The molecule has 0 heterocycles. The zero-order valence-corrected chi connectivity index (χ0v) is 11.9. The minimum atomic E-state index is -1.02. The average Bonchev–Trinajstić information content (AvgIpc) is 2.46. The number of halogens is 1. The molecule has 0 fully saturated rings. The van der Waals surface area contributed by atoms with E-state index in [1.807, 2.05) is 24.3 Å². The SMILES string of the molecule is COc1ccccc1N(C)c1c(Cl)cccc1C(=O)O. The Kier molecular flexibility index (Phi) is 4.15. The van der Waals surface area contributed by atoms with E-state index < -0.39 is 5.97 Å². The Labute approximate surface area is 122 Å². The largest absolute Gasteiger partial charge is 0.495 e. The van der Waals surface area contributed by atoms with E-state index in [0.29, 0.717) is 16.5 Å². The highest BCUT2D eigenvalue weighted by atomic mass is 35.5. The molecule has 0 aliphatic rings. The van der Waals surface area contributed by atoms with Gasteiger partial charge in [-0.25, -0.2) is 4.79 Å². The molecule has 0 saturated carbocycles. The van der Waals surface area contributed by atoms with Crippen molar-refractivity contribution in [1.29, 1.82) is 0 Å². The second-order valence-electron chi connectivity index (χ2n) is 4.17. The summed E-state index contributed by atoms with van der Waals surface area (Å²) < 4.78 is 5.30. The lowest BCUT2D eigenvalue weighted by Crippen LogP contribution is -2.15. The number of hydrogen-bond acceptors (Lipinski definition) is 3. The lowest BCUT2D eigenvalue weighted by Gasteiger charge is -2.24. The number of rotatable bonds is 4. The molecule has 2 aromatic rings. The van der Waals surface area contributed by atoms with Gasteiger partial charge in [-0.05, 0) is 24.3 Å². The van der Waals surface area contributed by atoms with Crippen LogP contribution in [0, 0.1) is 0 Å². The first-order valence-electron chi connectivity index (χ1n) is 5.94. The summed E-state index contributed by atoms with van der Waals surface area (Å²) in [6.07, 6.45) is 0. The van der Waals surface area contributed by atoms with Gasteiger partial charge >= 0.3 is 5.97 Å². The van der Waals surface area contributed by atoms with Crippen molar-refractivity contribution in [1.82, 2.24) is 0 Å². The fourth-order valence-corrected chi connectivity index (χ4v) is 2.36. The van der Waals surface area contributed by atoms with Crippen molar-refractivity contribution in [2.45, 2.75) is 0 Å². The lowest BCUT2D eigenvalue weighted by atomic mass is 10.1. The third-order valence-electron chi connectivity index (χ3n) is 3.00. The number of anilines is 2. The second-order valence-corrected chi connectivity index (χ2v) is 4.58. The highest BCUT2D eigenvalue weighted by Crippen LogP contribution is 2.38. The first-order valence-corrected chi connectivity index (χ1v) is 6.32. The molecule has 2 aromatic carbocycles. The van der Waals surface area contributed by atoms with E-state index in [-0.39, 0.29) is 5.56 Å². The summed E-state index contributed by atoms with van der Waals surface area (Å²) in [5.41, 5.74) is 1.32. The van der Waals surface area contributed by atoms with E-state index >= 15 is 0 Å². The smallest absolute Gasteiger partial charge is 0.337 e. The van der Waals surface area contributed by atoms with Crippen molar-refractivity contribution >= 4 is 28.9 Å². The predicted octanol–water partition coefficient (Wildman–Crippen LogP) is 3.81. The fraction of sp³-hybridized carbons (Fsp3) is 0.133. The quantitative estimate of drug-likeness (QED) is 0.930. The number of carboxylic acids is 1. The Hall–Kier alpha value is -2.20. The number of methoxy groups -OCH3 is 1. The summed E-state index contributed by atoms with van der Waals surface area (Å²) in [5, 5.41) is 9.67. The highest BCUT2D eigenvalue weighted by Gasteiger charge is 2.19. The molecule has 0 spiro atoms. The number of carbonyl (C=O) groups is 1. The van der Waals surface area contributed by atoms with Gasteiger partial charge < -0.3 is 14.7 Å². The molecule has 0 amide bonds. The zero-order chi connectivity index (χ0) is 14.7. The highest BCUT2D eigenvalue weighted by molar-refractivity contribution is 6.34. The summed E-state index contributed by atoms with van der Waals surface area (Å²) in [6.45, 7) is 0. The van der Waals surface area contributed by atoms with Gasteiger partial charge in [0, 0.05) is 7.05 Å². The van der Waals surface area contributed by atoms with Gasteiger partial charge in [0.25, 0.3) is 0 Å². The van der Waals surface area contributed by atoms with Crippen molar-refractivity contribution in [2.75, 3.05) is 19.1 Å². The van der Waals surface area contributed by atoms with Crippen LogP contribution in [0.25, 0.3) is 0 Å². The third kappa shape index (κ3) is 2.56. The van der Waals surface area contributed by atoms with Crippen molar-refractivity contribution in [3.63, 3.8) is 0 Å². The summed E-state index contributed by atoms with van der Waals surface area (Å²) in [7, 11) is 3.32. The van der Waals surface area contributed by atoms with E-state index in [1.165, 1.54) is 6.07 Å². The minimum Gasteiger partial charge on any atom is -0.495 e. The van der Waals surface area contributed by atoms with Gasteiger partial charge in [-0.15, -0.1) is 0 Å². The molecule has 1 N–H and O–H groups in total. The predicted molar refractivity (Wildman–Crippen MR) is 79.5 cm³/mol. The molecule has 0 saturated heterocycles. The topological polar surface area (TPSA) is 49.8 Å². The second kappa shape index (κ2) is 5.84. The molecule has 0 bridgehead atoms. The number of nitrogens with zero attached hydrogens (tertiary/aromatic N) is 1. The van der Waals surface area contributed by atoms with Gasteiger partial charge in [0.2, 0.25) is 0 Å². The first kappa shape index (κ1) is 14.2. The van der Waals surface area contributed by atoms with Gasteiger partial charge in [0.05, 0.1) is 29.1 Å². The van der Waals surface area contributed by atoms with Crippen LogP contribution < -0.4 is 9.64 Å². The summed E-state index contributed by atoms with van der Waals surface area (Å²) in [4.78, 5) is 13.1. The molecule has 0 radical (unpaired) electrons. The van der Waals surface area contributed by atoms with Gasteiger partial charge in [-0.2, -0.15) is 0 Å². The van der Waals surface area contributed by atoms with Gasteiger partial charge in [0.1, 0.15) is 5.75 Å². The van der Waals surface area contributed by atoms with Crippen LogP contribution in [-0.2, 0) is 0 Å². The Balaban J connectivity index is 2.59. The number of para-hydroxylation sites is 3. The molecule has 4 nitrogen and oxygen atoms in total. The van der Waals surface area contributed by atoms with Gasteiger partial charge in [0.15, 0.2) is 0 Å². The molecule has 0 aromatic heterocycles. The maximum Gasteiger partial charge on any atom is 0.337 e. The van der Waals surface area contributed by atoms with Crippen molar-refractivity contribution in [3.05, 3.63) is 53.1 Å². The first-order chi connectivity index (χ1) is 9.56. The van der Waals surface area contributed by atoms with Crippen molar-refractivity contribution < 1.29 is 14.6 Å². The van der Waals surface area contributed by atoms with Crippen LogP contribution in [0.15, 0.2) is 42.5 Å². The number of hydrogen-bond donors (Lipinski definition) is 1. The van der Waals surface area contributed by atoms with E-state index in [4.69, 9.17) is 16.3 Å². The van der Waals surface area contributed by atoms with Crippen LogP contribution in [0.3, 0.4) is 0 Å². The van der Waals surface area contributed by atoms with Crippen molar-refractivity contribution in [2.24, 2.45) is 0 Å². The van der Waals surface area contributed by atoms with Crippen molar-refractivity contribution in [3.8, 4) is 5.75 Å². The number of benzene rings is 2. The Morgan fingerprint density at radius 2 is 1.90 bits per heavy atom. The molecule has 0 aliphatic carbocycles. The standard InChI is InChI=1S/C15H14ClNO3/c1-17(12-8-3-4-9-13(12)20-2)14-10(15(18)19)6-5-7-11(14)16/h3-9H,1-2H3,(H,18,19). The minimum absolute atomic E-state index is 0.144. The van der Waals surface area contributed by atoms with Crippen LogP contribution in [0.2, 0.25) is 5.02 Å². The number of carboxylic acid groups (broad SMARTS) is 1. The Morgan fingerprint density at radius 1 is 1.20 bits per heavy atom. The average molecular weight is 292 g/mol. The molecular formula is C15H14ClNO3. The molecule has 2 rings (SSSR count). The molecule has 0 unspecified atom stereocenters. The lowest BCUT2D eigenvalue weighted by molar-refractivity contribution is 0.0697. The van der Waals surface area contributed by atoms with Crippen LogP contribution in [0.5, 0.6) is 5.75 Å². The maximum atomic E-state index is 11.3. The third-order valence-corrected chi connectivity index (χ3v) is 3.30. The molecule has 0 aliphatic heterocycles. The summed E-state index contributed by atoms with van der Waals surface area (Å²) >= 11 is 6.17. The van der Waals surface area contributed by atoms with Crippen LogP contribution in [0.4, 0.5) is 11.4 Å². The monoisotopic (exact) mass is 291 g/mol. The summed E-state index contributed by atoms with van der Waals surface area (Å²) in [6, 6.07) is 12.2. The van der Waals surface area contributed by atoms with Gasteiger partial charge in [-0.3, -0.25) is 0 Å². The van der Waals surface area contributed by atoms with Gasteiger partial charge in [-0.1, -0.05) is 29.8 Å². The fourth-order valence-electron chi connectivity index (χ4n) is 2.06. The number of ether oxygens (including phenoxy) is 1. The molecule has 0 atom stereocenters. The Bertz CT molecular complexity index is 643. The molecular weight excluding hydrogens is 278 g/mol. The van der Waals surface area contributed by atoms with Crippen LogP contribution >= 0.6 is 11.6 Å². The van der Waals surface area contributed by atoms with E-state index in [2.05, 4.69) is 0 Å². The zero-order valence-electron chi connectivity index (χ0n) is 11.1. The van der Waals surface area contributed by atoms with E-state index in [0.717, 1.165) is 5.69 Å². The maximum absolute atomic E-state index is 11.3. The number of aromatic carboxylic acids is 1. The Morgan fingerprint density at radius 3 is 2.55 bits per heavy atom. The van der Waals surface area contributed by atoms with Crippen LogP contribution in [0.1, 0.15) is 10.4 Å². The molecule has 20 heavy (non-hydrogen) atoms. The normalized spacial score (nSPS) is 10.2. The molecule has 5 heteroatoms. The van der Waals surface area contributed by atoms with E-state index in [1.54, 1.807) is 31.2 Å². The molecule has 104 valence electrons. The van der Waals surface area contributed by atoms with E-state index in [9.17, 15) is 9.90 Å². The van der Waals surface area contributed by atoms with Crippen LogP contribution in [-0.4, -0.2) is 25.2 Å². The summed E-state index contributed by atoms with van der Waals surface area (Å²) in [5.74, 6) is -0.379.